The number of aromatic nitrogens is 1. The molecular weight excluding hydrogens is 415 g/mol. The lowest BCUT2D eigenvalue weighted by Crippen LogP contribution is -2.21. The zero-order valence-electron chi connectivity index (χ0n) is 14.6. The number of hydrogen-bond acceptors (Lipinski definition) is 6. The molecule has 2 aromatic carbocycles. The van der Waals surface area contributed by atoms with Crippen molar-refractivity contribution in [2.24, 2.45) is 9.98 Å². The fourth-order valence-electron chi connectivity index (χ4n) is 2.78. The number of aliphatic imine (C=N–C) groups is 1. The molecule has 0 unspecified atom stereocenters. The minimum atomic E-state index is -0.0673. The first-order valence-electron chi connectivity index (χ1n) is 8.29. The third-order valence-corrected chi connectivity index (χ3v) is 5.65. The molecular formula is C20H14Cl2N4OS. The van der Waals surface area contributed by atoms with Crippen LogP contribution in [0.2, 0.25) is 10.0 Å². The Kier molecular flexibility index (Phi) is 5.17. The maximum atomic E-state index is 10.3. The van der Waals surface area contributed by atoms with E-state index in [1.807, 2.05) is 30.4 Å². The monoisotopic (exact) mass is 428 g/mol. The van der Waals surface area contributed by atoms with Gasteiger partial charge >= 0.3 is 0 Å². The molecule has 0 amide bonds. The van der Waals surface area contributed by atoms with Crippen molar-refractivity contribution in [3.8, 4) is 5.88 Å². The Labute approximate surface area is 175 Å². The number of nitrogens with one attached hydrogen (secondary N) is 1. The number of para-hydroxylation sites is 1. The first-order valence-corrected chi connectivity index (χ1v) is 9.86. The van der Waals surface area contributed by atoms with Gasteiger partial charge in [0.25, 0.3) is 0 Å². The summed E-state index contributed by atoms with van der Waals surface area (Å²) in [7, 11) is 1.75. The SMILES string of the molecule is CN=C1C=CN=c2cc/c(=C\c3sc(Nc4c(Cl)cccc4Cl)nc3O)cc21. The van der Waals surface area contributed by atoms with E-state index in [1.54, 1.807) is 31.4 Å². The minimum absolute atomic E-state index is 0.0673. The number of thiazole rings is 1. The van der Waals surface area contributed by atoms with Gasteiger partial charge in [-0.2, -0.15) is 4.98 Å². The third kappa shape index (κ3) is 3.67. The largest absolute Gasteiger partial charge is 0.492 e. The Hall–Kier alpha value is -2.67. The molecule has 0 saturated heterocycles. The van der Waals surface area contributed by atoms with Crippen molar-refractivity contribution in [1.82, 2.24) is 4.98 Å². The van der Waals surface area contributed by atoms with Crippen molar-refractivity contribution in [2.75, 3.05) is 12.4 Å². The Morgan fingerprint density at radius 1 is 1.18 bits per heavy atom. The molecule has 3 aromatic rings. The van der Waals surface area contributed by atoms with E-state index in [4.69, 9.17) is 23.2 Å². The number of aromatic hydroxyl groups is 1. The smallest absolute Gasteiger partial charge is 0.231 e. The van der Waals surface area contributed by atoms with E-state index < -0.39 is 0 Å². The number of fused-ring (bicyclic) bond motifs is 1. The van der Waals surface area contributed by atoms with Crippen LogP contribution in [0.1, 0.15) is 10.4 Å². The third-order valence-electron chi connectivity index (χ3n) is 4.11. The van der Waals surface area contributed by atoms with E-state index in [0.29, 0.717) is 25.7 Å². The Morgan fingerprint density at radius 3 is 2.71 bits per heavy atom. The summed E-state index contributed by atoms with van der Waals surface area (Å²) in [5.41, 5.74) is 2.37. The summed E-state index contributed by atoms with van der Waals surface area (Å²) in [5, 5.41) is 16.5. The van der Waals surface area contributed by atoms with E-state index in [-0.39, 0.29) is 5.88 Å². The molecule has 0 aliphatic carbocycles. The molecule has 0 spiro atoms. The van der Waals surface area contributed by atoms with Crippen LogP contribution in [0, 0.1) is 0 Å². The summed E-state index contributed by atoms with van der Waals surface area (Å²) in [5.74, 6) is -0.0673. The van der Waals surface area contributed by atoms with Gasteiger partial charge in [0, 0.05) is 18.8 Å². The van der Waals surface area contributed by atoms with Gasteiger partial charge in [0.1, 0.15) is 0 Å². The van der Waals surface area contributed by atoms with Crippen LogP contribution < -0.4 is 15.9 Å². The number of halogens is 2. The van der Waals surface area contributed by atoms with Crippen LogP contribution in [0.25, 0.3) is 6.08 Å². The predicted octanol–water partition coefficient (Wildman–Crippen LogP) is 4.29. The van der Waals surface area contributed by atoms with E-state index in [2.05, 4.69) is 20.3 Å². The van der Waals surface area contributed by atoms with Crippen LogP contribution in [0.3, 0.4) is 0 Å². The summed E-state index contributed by atoms with van der Waals surface area (Å²) >= 11 is 13.7. The fourth-order valence-corrected chi connectivity index (χ4v) is 4.10. The standard InChI is InChI=1S/C20H14Cl2N4OS/c1-23-15-7-8-24-16-6-5-11(9-12(15)16)10-17-19(27)26-20(28-17)25-18-13(21)3-2-4-14(18)22/h2-10,27H,1H3,(H,25,26)/b11-10+,23-15?. The highest BCUT2D eigenvalue weighted by molar-refractivity contribution is 7.16. The number of allylic oxidation sites excluding steroid dienone is 1. The van der Waals surface area contributed by atoms with Gasteiger partial charge in [0.15, 0.2) is 5.13 Å². The van der Waals surface area contributed by atoms with Gasteiger partial charge < -0.3 is 10.4 Å². The Morgan fingerprint density at radius 2 is 1.96 bits per heavy atom. The zero-order chi connectivity index (χ0) is 19.7. The number of anilines is 2. The molecule has 0 atom stereocenters. The van der Waals surface area contributed by atoms with Crippen molar-refractivity contribution in [3.05, 3.63) is 79.7 Å². The van der Waals surface area contributed by atoms with Crippen LogP contribution in [-0.2, 0) is 0 Å². The molecule has 0 saturated carbocycles. The lowest BCUT2D eigenvalue weighted by Gasteiger charge is -2.06. The zero-order valence-corrected chi connectivity index (χ0v) is 17.0. The molecule has 140 valence electrons. The van der Waals surface area contributed by atoms with Crippen molar-refractivity contribution >= 4 is 57.1 Å². The second kappa shape index (κ2) is 7.75. The van der Waals surface area contributed by atoms with Gasteiger partial charge in [-0.3, -0.25) is 9.98 Å². The maximum absolute atomic E-state index is 10.3. The lowest BCUT2D eigenvalue weighted by molar-refractivity contribution is 0.457. The van der Waals surface area contributed by atoms with Crippen molar-refractivity contribution < 1.29 is 5.11 Å². The van der Waals surface area contributed by atoms with Gasteiger partial charge in [0.05, 0.1) is 31.7 Å². The molecule has 28 heavy (non-hydrogen) atoms. The van der Waals surface area contributed by atoms with Gasteiger partial charge in [0.2, 0.25) is 5.88 Å². The average Bonchev–Trinajstić information content (AvgIpc) is 3.03. The normalized spacial score (nSPS) is 14.8. The van der Waals surface area contributed by atoms with Gasteiger partial charge in [-0.15, -0.1) is 0 Å². The highest BCUT2D eigenvalue weighted by Gasteiger charge is 2.12. The summed E-state index contributed by atoms with van der Waals surface area (Å²) in [6.07, 6.45) is 5.46. The average molecular weight is 429 g/mol. The quantitative estimate of drug-likeness (QED) is 0.653. The van der Waals surface area contributed by atoms with Crippen LogP contribution in [-0.4, -0.2) is 22.8 Å². The number of nitrogens with zero attached hydrogens (tertiary/aromatic N) is 3. The Bertz CT molecular complexity index is 1230. The van der Waals surface area contributed by atoms with E-state index in [1.165, 1.54) is 11.3 Å². The fraction of sp³-hybridized carbons (Fsp3) is 0.0500. The molecule has 0 bridgehead atoms. The summed E-state index contributed by atoms with van der Waals surface area (Å²) in [4.78, 5) is 13.4. The molecule has 1 aliphatic heterocycles. The van der Waals surface area contributed by atoms with Gasteiger partial charge in [-0.1, -0.05) is 46.7 Å². The molecule has 4 rings (SSSR count). The highest BCUT2D eigenvalue weighted by atomic mass is 35.5. The molecule has 1 aromatic heterocycles. The molecule has 2 N–H and O–H groups in total. The highest BCUT2D eigenvalue weighted by Crippen LogP contribution is 2.36. The van der Waals surface area contributed by atoms with Crippen LogP contribution in [0.15, 0.2) is 58.7 Å². The van der Waals surface area contributed by atoms with Gasteiger partial charge in [-0.05, 0) is 41.6 Å². The number of benzene rings is 2. The van der Waals surface area contributed by atoms with Crippen LogP contribution in [0.4, 0.5) is 10.8 Å². The second-order valence-corrected chi connectivity index (χ2v) is 7.75. The topological polar surface area (TPSA) is 69.9 Å². The van der Waals surface area contributed by atoms with Crippen molar-refractivity contribution in [3.63, 3.8) is 0 Å². The summed E-state index contributed by atoms with van der Waals surface area (Å²) in [6.45, 7) is 0. The molecule has 2 heterocycles. The first kappa shape index (κ1) is 18.7. The summed E-state index contributed by atoms with van der Waals surface area (Å²) in [6, 6.07) is 11.1. The second-order valence-electron chi connectivity index (χ2n) is 5.90. The van der Waals surface area contributed by atoms with E-state index in [9.17, 15) is 5.11 Å². The van der Waals surface area contributed by atoms with Gasteiger partial charge in [-0.25, -0.2) is 0 Å². The van der Waals surface area contributed by atoms with E-state index in [0.717, 1.165) is 21.9 Å². The molecule has 0 radical (unpaired) electrons. The molecule has 5 nitrogen and oxygen atoms in total. The van der Waals surface area contributed by atoms with Crippen LogP contribution >= 0.6 is 34.5 Å². The first-order chi connectivity index (χ1) is 13.5. The predicted molar refractivity (Wildman–Crippen MR) is 116 cm³/mol. The number of rotatable bonds is 3. The van der Waals surface area contributed by atoms with Crippen molar-refractivity contribution in [2.45, 2.75) is 0 Å². The molecule has 1 aliphatic rings. The molecule has 8 heteroatoms. The van der Waals surface area contributed by atoms with Crippen LogP contribution in [0.5, 0.6) is 5.88 Å². The molecule has 0 fully saturated rings. The number of hydrogen-bond donors (Lipinski definition) is 2. The maximum Gasteiger partial charge on any atom is 0.231 e. The summed E-state index contributed by atoms with van der Waals surface area (Å²) < 4.78 is 0. The lowest BCUT2D eigenvalue weighted by atomic mass is 10.1. The Balaban J connectivity index is 1.71. The van der Waals surface area contributed by atoms with Crippen molar-refractivity contribution in [1.29, 1.82) is 0 Å². The minimum Gasteiger partial charge on any atom is -0.492 e. The van der Waals surface area contributed by atoms with E-state index >= 15 is 0 Å².